The average molecular weight is 1170 g/mol. The van der Waals surface area contributed by atoms with Crippen molar-refractivity contribution in [2.45, 2.75) is 443 Å². The van der Waals surface area contributed by atoms with Gasteiger partial charge in [0.2, 0.25) is 5.91 Å². The summed E-state index contributed by atoms with van der Waals surface area (Å²) in [6.07, 6.45) is 93.0. The van der Waals surface area contributed by atoms with Gasteiger partial charge in [-0.1, -0.05) is 385 Å². The van der Waals surface area contributed by atoms with Crippen LogP contribution in [-0.4, -0.2) is 47.4 Å². The van der Waals surface area contributed by atoms with Gasteiger partial charge in [0.25, 0.3) is 0 Å². The summed E-state index contributed by atoms with van der Waals surface area (Å²) < 4.78 is 5.48. The van der Waals surface area contributed by atoms with Crippen LogP contribution in [0.15, 0.2) is 24.3 Å². The third-order valence-electron chi connectivity index (χ3n) is 18.0. The lowest BCUT2D eigenvalue weighted by Gasteiger charge is -2.20. The lowest BCUT2D eigenvalue weighted by molar-refractivity contribution is -0.143. The van der Waals surface area contributed by atoms with Crippen molar-refractivity contribution in [3.63, 3.8) is 0 Å². The molecule has 3 N–H and O–H groups in total. The zero-order valence-corrected chi connectivity index (χ0v) is 56.5. The molecule has 0 saturated carbocycles. The van der Waals surface area contributed by atoms with Crippen LogP contribution in [0, 0.1) is 0 Å². The van der Waals surface area contributed by atoms with Crippen molar-refractivity contribution in [1.82, 2.24) is 5.32 Å². The normalized spacial score (nSPS) is 12.6. The quantitative estimate of drug-likeness (QED) is 0.0320. The first-order chi connectivity index (χ1) is 41.0. The minimum atomic E-state index is -0.841. The van der Waals surface area contributed by atoms with E-state index in [1.807, 2.05) is 6.08 Å². The largest absolute Gasteiger partial charge is 0.466 e. The van der Waals surface area contributed by atoms with Gasteiger partial charge >= 0.3 is 5.97 Å². The highest BCUT2D eigenvalue weighted by Gasteiger charge is 2.18. The summed E-state index contributed by atoms with van der Waals surface area (Å²) in [6, 6.07) is -0.624. The summed E-state index contributed by atoms with van der Waals surface area (Å²) in [7, 11) is 0. The van der Waals surface area contributed by atoms with E-state index in [4.69, 9.17) is 4.74 Å². The van der Waals surface area contributed by atoms with Gasteiger partial charge in [0.15, 0.2) is 0 Å². The van der Waals surface area contributed by atoms with Gasteiger partial charge in [-0.2, -0.15) is 0 Å². The van der Waals surface area contributed by atoms with Crippen molar-refractivity contribution in [2.75, 3.05) is 13.2 Å². The molecule has 6 heteroatoms. The predicted octanol–water partition coefficient (Wildman–Crippen LogP) is 24.9. The molecule has 0 aliphatic carbocycles. The second kappa shape index (κ2) is 72.8. The molecule has 83 heavy (non-hydrogen) atoms. The Morgan fingerprint density at radius 2 is 0.566 bits per heavy atom. The molecule has 0 aliphatic rings. The smallest absolute Gasteiger partial charge is 0.305 e. The number of amides is 1. The maximum atomic E-state index is 12.5. The number of nitrogens with one attached hydrogen (secondary N) is 1. The van der Waals surface area contributed by atoms with Crippen LogP contribution >= 0.6 is 0 Å². The molecule has 2 atom stereocenters. The fraction of sp³-hybridized carbons (Fsp3) is 0.922. The van der Waals surface area contributed by atoms with Crippen LogP contribution < -0.4 is 5.32 Å². The van der Waals surface area contributed by atoms with Crippen molar-refractivity contribution < 1.29 is 24.5 Å². The molecule has 0 aliphatic heterocycles. The maximum absolute atomic E-state index is 12.5. The molecule has 6 nitrogen and oxygen atoms in total. The summed E-state index contributed by atoms with van der Waals surface area (Å²) in [5.41, 5.74) is 0. The molecule has 0 rings (SSSR count). The second-order valence-electron chi connectivity index (χ2n) is 26.3. The van der Waals surface area contributed by atoms with Gasteiger partial charge in [0.05, 0.1) is 25.4 Å². The zero-order valence-electron chi connectivity index (χ0n) is 56.5. The first-order valence-electron chi connectivity index (χ1n) is 38.1. The number of carbonyl (C=O) groups is 2. The van der Waals surface area contributed by atoms with E-state index in [2.05, 4.69) is 31.3 Å². The van der Waals surface area contributed by atoms with Crippen molar-refractivity contribution in [2.24, 2.45) is 0 Å². The predicted molar refractivity (Wildman–Crippen MR) is 366 cm³/mol. The first kappa shape index (κ1) is 81.3. The number of unbranched alkanes of at least 4 members (excludes halogenated alkanes) is 59. The fourth-order valence-corrected chi connectivity index (χ4v) is 12.2. The molecular formula is C77H149NO5. The monoisotopic (exact) mass is 1170 g/mol. The maximum Gasteiger partial charge on any atom is 0.305 e. The van der Waals surface area contributed by atoms with Crippen LogP contribution in [-0.2, 0) is 14.3 Å². The van der Waals surface area contributed by atoms with Crippen molar-refractivity contribution in [3.05, 3.63) is 24.3 Å². The van der Waals surface area contributed by atoms with Crippen LogP contribution in [0.25, 0.3) is 0 Å². The minimum Gasteiger partial charge on any atom is -0.466 e. The molecule has 0 radical (unpaired) electrons. The van der Waals surface area contributed by atoms with E-state index in [0.29, 0.717) is 19.4 Å². The van der Waals surface area contributed by atoms with Crippen LogP contribution in [0.2, 0.25) is 0 Å². The van der Waals surface area contributed by atoms with Crippen molar-refractivity contribution in [1.29, 1.82) is 0 Å². The van der Waals surface area contributed by atoms with Gasteiger partial charge < -0.3 is 20.3 Å². The Labute approximate surface area is 520 Å². The van der Waals surface area contributed by atoms with E-state index in [0.717, 1.165) is 44.9 Å². The Bertz CT molecular complexity index is 1300. The summed E-state index contributed by atoms with van der Waals surface area (Å²) >= 11 is 0. The fourth-order valence-electron chi connectivity index (χ4n) is 12.2. The number of hydrogen-bond donors (Lipinski definition) is 3. The first-order valence-corrected chi connectivity index (χ1v) is 38.1. The molecule has 0 heterocycles. The number of aliphatic hydroxyl groups is 2. The van der Waals surface area contributed by atoms with Gasteiger partial charge in [0, 0.05) is 12.8 Å². The Hall–Kier alpha value is -1.66. The second-order valence-corrected chi connectivity index (χ2v) is 26.3. The van der Waals surface area contributed by atoms with Crippen LogP contribution in [0.1, 0.15) is 431 Å². The highest BCUT2D eigenvalue weighted by molar-refractivity contribution is 5.76. The highest BCUT2D eigenvalue weighted by Crippen LogP contribution is 2.20. The summed E-state index contributed by atoms with van der Waals surface area (Å²) in [4.78, 5) is 24.6. The Morgan fingerprint density at radius 3 is 0.880 bits per heavy atom. The number of aliphatic hydroxyl groups excluding tert-OH is 2. The molecule has 492 valence electrons. The van der Waals surface area contributed by atoms with Crippen LogP contribution in [0.3, 0.4) is 0 Å². The Morgan fingerprint density at radius 1 is 0.325 bits per heavy atom. The zero-order chi connectivity index (χ0) is 59.9. The van der Waals surface area contributed by atoms with Crippen molar-refractivity contribution in [3.8, 4) is 0 Å². The third kappa shape index (κ3) is 69.3. The molecule has 1 amide bonds. The van der Waals surface area contributed by atoms with E-state index in [1.165, 1.54) is 360 Å². The topological polar surface area (TPSA) is 95.9 Å². The summed E-state index contributed by atoms with van der Waals surface area (Å²) in [5, 5.41) is 23.3. The molecular weight excluding hydrogens is 1020 g/mol. The molecule has 0 bridgehead atoms. The van der Waals surface area contributed by atoms with E-state index in [1.54, 1.807) is 6.08 Å². The number of esters is 1. The van der Waals surface area contributed by atoms with Gasteiger partial charge in [-0.05, 0) is 57.8 Å². The van der Waals surface area contributed by atoms with Crippen LogP contribution in [0.5, 0.6) is 0 Å². The molecule has 0 aromatic rings. The van der Waals surface area contributed by atoms with Crippen molar-refractivity contribution >= 4 is 11.9 Å². The summed E-state index contributed by atoms with van der Waals surface area (Å²) in [5.74, 6) is -0.0456. The van der Waals surface area contributed by atoms with Gasteiger partial charge in [-0.25, -0.2) is 0 Å². The standard InChI is InChI=1S/C77H149NO5/c1-3-5-7-9-11-13-15-17-18-19-37-40-43-46-49-53-57-61-65-69-75(80)74(73-79)78-76(81)70-66-62-58-54-50-47-44-41-38-35-33-31-29-27-25-23-21-20-22-24-26-28-30-32-34-36-39-42-45-48-52-56-60-64-68-72-83-77(82)71-67-63-59-55-51-16-14-12-10-8-6-4-2/h12,14,65,69,74-75,79-80H,3-11,13,15-64,66-68,70-73H2,1-2H3,(H,78,81)/b14-12-,69-65+. The van der Waals surface area contributed by atoms with E-state index in [9.17, 15) is 19.8 Å². The van der Waals surface area contributed by atoms with E-state index in [-0.39, 0.29) is 18.5 Å². The number of allylic oxidation sites excluding steroid dienone is 3. The number of ether oxygens (including phenoxy) is 1. The third-order valence-corrected chi connectivity index (χ3v) is 18.0. The van der Waals surface area contributed by atoms with Gasteiger partial charge in [-0.15, -0.1) is 0 Å². The SMILES string of the molecule is CCCCC/C=C\CCCCCCCC(=O)OCCCCCCCCCCCCCCCCCCCCCCCCCCCCCCCCCCCCCC(=O)NC(CO)C(O)/C=C/CCCCCCCCCCCCCCCCCCC. The molecule has 2 unspecified atom stereocenters. The molecule has 0 aromatic heterocycles. The lowest BCUT2D eigenvalue weighted by Crippen LogP contribution is -2.45. The van der Waals surface area contributed by atoms with E-state index < -0.39 is 12.1 Å². The van der Waals surface area contributed by atoms with Gasteiger partial charge in [-0.3, -0.25) is 9.59 Å². The Balaban J connectivity index is 3.33. The molecule has 0 aromatic carbocycles. The number of hydrogen-bond acceptors (Lipinski definition) is 5. The highest BCUT2D eigenvalue weighted by atomic mass is 16.5. The Kier molecular flexibility index (Phi) is 71.4. The minimum absolute atomic E-state index is 0.0129. The van der Waals surface area contributed by atoms with E-state index >= 15 is 0 Å². The molecule has 0 saturated heterocycles. The number of carbonyl (C=O) groups excluding carboxylic acids is 2. The van der Waals surface area contributed by atoms with Crippen LogP contribution in [0.4, 0.5) is 0 Å². The summed E-state index contributed by atoms with van der Waals surface area (Å²) in [6.45, 7) is 4.92. The average Bonchev–Trinajstić information content (AvgIpc) is 3.49. The number of rotatable bonds is 72. The molecule has 0 fully saturated rings. The van der Waals surface area contributed by atoms with Gasteiger partial charge in [0.1, 0.15) is 0 Å². The molecule has 0 spiro atoms. The lowest BCUT2D eigenvalue weighted by atomic mass is 10.0.